The maximum absolute atomic E-state index is 11.0. The summed E-state index contributed by atoms with van der Waals surface area (Å²) in [5, 5.41) is 12.5. The molecule has 18 heavy (non-hydrogen) atoms. The van der Waals surface area contributed by atoms with Crippen LogP contribution < -0.4 is 5.32 Å². The highest BCUT2D eigenvalue weighted by molar-refractivity contribution is 8.03. The van der Waals surface area contributed by atoms with Gasteiger partial charge in [0, 0.05) is 5.57 Å². The normalized spacial score (nSPS) is 21.6. The van der Waals surface area contributed by atoms with E-state index in [-0.39, 0.29) is 0 Å². The molecule has 1 fully saturated rings. The summed E-state index contributed by atoms with van der Waals surface area (Å²) in [4.78, 5) is 12.2. The van der Waals surface area contributed by atoms with Crippen molar-refractivity contribution in [1.29, 1.82) is 0 Å². The van der Waals surface area contributed by atoms with E-state index in [0.29, 0.717) is 5.57 Å². The Morgan fingerprint density at radius 3 is 2.83 bits per heavy atom. The van der Waals surface area contributed by atoms with Crippen molar-refractivity contribution in [3.8, 4) is 0 Å². The van der Waals surface area contributed by atoms with Crippen LogP contribution in [0.1, 0.15) is 44.9 Å². The molecule has 1 aliphatic carbocycles. The van der Waals surface area contributed by atoms with Gasteiger partial charge in [-0.2, -0.15) is 0 Å². The minimum absolute atomic E-state index is 0.682. The molecule has 1 heterocycles. The van der Waals surface area contributed by atoms with Crippen LogP contribution in [0.4, 0.5) is 0 Å². The number of carbonyl (C=O) groups is 1. The van der Waals surface area contributed by atoms with Crippen LogP contribution in [0.2, 0.25) is 0 Å². The Kier molecular flexibility index (Phi) is 5.57. The Morgan fingerprint density at radius 2 is 2.11 bits per heavy atom. The molecule has 0 saturated carbocycles. The molecule has 0 aromatic rings. The van der Waals surface area contributed by atoms with Gasteiger partial charge in [0.05, 0.1) is 0 Å². The largest absolute Gasteiger partial charge is 0.478 e. The molecule has 3 nitrogen and oxygen atoms in total. The lowest BCUT2D eigenvalue weighted by atomic mass is 9.94. The number of thioether (sulfide) groups is 1. The maximum Gasteiger partial charge on any atom is 0.332 e. The molecule has 2 aliphatic rings. The molecule has 2 N–H and O–H groups in total. The average molecular weight is 269 g/mol. The van der Waals surface area contributed by atoms with Crippen LogP contribution in [0.15, 0.2) is 10.5 Å². The highest BCUT2D eigenvalue weighted by atomic mass is 32.2. The van der Waals surface area contributed by atoms with Gasteiger partial charge in [0.15, 0.2) is 0 Å². The van der Waals surface area contributed by atoms with Crippen molar-refractivity contribution in [2.45, 2.75) is 44.9 Å². The molecule has 102 valence electrons. The van der Waals surface area contributed by atoms with Gasteiger partial charge < -0.3 is 10.4 Å². The molecule has 0 atom stereocenters. The van der Waals surface area contributed by atoms with Gasteiger partial charge in [0.2, 0.25) is 0 Å². The summed E-state index contributed by atoms with van der Waals surface area (Å²) in [5.41, 5.74) is 0.682. The first kappa shape index (κ1) is 13.9. The average Bonchev–Trinajstić information content (AvgIpc) is 2.84. The second kappa shape index (κ2) is 7.19. The Hall–Kier alpha value is -0.480. The molecule has 2 rings (SSSR count). The van der Waals surface area contributed by atoms with E-state index in [1.807, 2.05) is 0 Å². The summed E-state index contributed by atoms with van der Waals surface area (Å²) in [5.74, 6) is 1.28. The summed E-state index contributed by atoms with van der Waals surface area (Å²) >= 11 is 1.79. The van der Waals surface area contributed by atoms with Crippen molar-refractivity contribution in [2.75, 3.05) is 18.8 Å². The Balaban J connectivity index is 1.65. The predicted octanol–water partition coefficient (Wildman–Crippen LogP) is 3.02. The Bertz CT molecular complexity index is 322. The molecule has 0 unspecified atom stereocenters. The number of carboxylic acid groups (broad SMARTS) is 1. The molecule has 0 aromatic carbocycles. The second-order valence-electron chi connectivity index (χ2n) is 5.24. The third-order valence-electron chi connectivity index (χ3n) is 3.92. The van der Waals surface area contributed by atoms with Crippen LogP contribution >= 0.6 is 11.8 Å². The van der Waals surface area contributed by atoms with Gasteiger partial charge in [-0.25, -0.2) is 4.79 Å². The van der Waals surface area contributed by atoms with Gasteiger partial charge in [-0.1, -0.05) is 0 Å². The number of hydrogen-bond donors (Lipinski definition) is 2. The van der Waals surface area contributed by atoms with Crippen molar-refractivity contribution in [3.05, 3.63) is 10.5 Å². The van der Waals surface area contributed by atoms with Gasteiger partial charge in [0.25, 0.3) is 0 Å². The summed E-state index contributed by atoms with van der Waals surface area (Å²) in [6.45, 7) is 2.35. The van der Waals surface area contributed by atoms with Crippen molar-refractivity contribution in [1.82, 2.24) is 5.32 Å². The van der Waals surface area contributed by atoms with Crippen molar-refractivity contribution in [3.63, 3.8) is 0 Å². The van der Waals surface area contributed by atoms with Gasteiger partial charge >= 0.3 is 5.97 Å². The monoisotopic (exact) mass is 269 g/mol. The number of rotatable bonds is 6. The predicted molar refractivity (Wildman–Crippen MR) is 75.8 cm³/mol. The number of piperidine rings is 1. The fourth-order valence-corrected chi connectivity index (χ4v) is 4.05. The highest BCUT2D eigenvalue weighted by Gasteiger charge is 2.20. The van der Waals surface area contributed by atoms with Gasteiger partial charge in [-0.15, -0.1) is 11.8 Å². The summed E-state index contributed by atoms with van der Waals surface area (Å²) in [6.07, 6.45) is 7.95. The molecule has 0 amide bonds. The van der Waals surface area contributed by atoms with Crippen molar-refractivity contribution in [2.24, 2.45) is 5.92 Å². The van der Waals surface area contributed by atoms with E-state index in [9.17, 15) is 4.79 Å². The maximum atomic E-state index is 11.0. The zero-order chi connectivity index (χ0) is 12.8. The molecule has 1 saturated heterocycles. The van der Waals surface area contributed by atoms with E-state index in [2.05, 4.69) is 5.32 Å². The molecule has 0 radical (unpaired) electrons. The van der Waals surface area contributed by atoms with Gasteiger partial charge in [0.1, 0.15) is 0 Å². The van der Waals surface area contributed by atoms with E-state index in [4.69, 9.17) is 5.11 Å². The first-order chi connectivity index (χ1) is 8.77. The third kappa shape index (κ3) is 4.02. The van der Waals surface area contributed by atoms with Crippen LogP contribution in [-0.4, -0.2) is 29.9 Å². The van der Waals surface area contributed by atoms with E-state index < -0.39 is 5.97 Å². The lowest BCUT2D eigenvalue weighted by Crippen LogP contribution is -2.27. The van der Waals surface area contributed by atoms with Crippen molar-refractivity contribution >= 4 is 17.7 Å². The standard InChI is InChI=1S/C14H23NO2S/c16-14(17)12-4-1-5-13(12)18-10-2-3-11-6-8-15-9-7-11/h11,15H,1-10H2,(H,16,17). The van der Waals surface area contributed by atoms with Crippen LogP contribution in [-0.2, 0) is 4.79 Å². The number of hydrogen-bond acceptors (Lipinski definition) is 3. The molecular formula is C14H23NO2S. The molecular weight excluding hydrogens is 246 g/mol. The van der Waals surface area contributed by atoms with Gasteiger partial charge in [-0.05, 0) is 74.6 Å². The highest BCUT2D eigenvalue weighted by Crippen LogP contribution is 2.35. The fourth-order valence-electron chi connectivity index (χ4n) is 2.84. The molecule has 0 aromatic heterocycles. The van der Waals surface area contributed by atoms with Crippen LogP contribution in [0.5, 0.6) is 0 Å². The number of carboxylic acids is 1. The Labute approximate surface area is 113 Å². The molecule has 1 aliphatic heterocycles. The van der Waals surface area contributed by atoms with E-state index in [0.717, 1.165) is 35.8 Å². The van der Waals surface area contributed by atoms with Crippen LogP contribution in [0, 0.1) is 5.92 Å². The lowest BCUT2D eigenvalue weighted by molar-refractivity contribution is -0.132. The summed E-state index contributed by atoms with van der Waals surface area (Å²) in [6, 6.07) is 0. The van der Waals surface area contributed by atoms with E-state index in [1.165, 1.54) is 38.8 Å². The number of nitrogens with one attached hydrogen (secondary N) is 1. The van der Waals surface area contributed by atoms with Crippen molar-refractivity contribution < 1.29 is 9.90 Å². The summed E-state index contributed by atoms with van der Waals surface area (Å²) in [7, 11) is 0. The quantitative estimate of drug-likeness (QED) is 0.728. The SMILES string of the molecule is O=C(O)C1=C(SCCCC2CCNCC2)CCC1. The van der Waals surface area contributed by atoms with Gasteiger partial charge in [-0.3, -0.25) is 0 Å². The van der Waals surface area contributed by atoms with E-state index in [1.54, 1.807) is 11.8 Å². The van der Waals surface area contributed by atoms with Crippen LogP contribution in [0.25, 0.3) is 0 Å². The smallest absolute Gasteiger partial charge is 0.332 e. The Morgan fingerprint density at radius 1 is 1.33 bits per heavy atom. The topological polar surface area (TPSA) is 49.3 Å². The minimum Gasteiger partial charge on any atom is -0.478 e. The lowest BCUT2D eigenvalue weighted by Gasteiger charge is -2.22. The zero-order valence-electron chi connectivity index (χ0n) is 10.9. The number of allylic oxidation sites excluding steroid dienone is 1. The fraction of sp³-hybridized carbons (Fsp3) is 0.786. The molecule has 0 bridgehead atoms. The van der Waals surface area contributed by atoms with E-state index >= 15 is 0 Å². The first-order valence-electron chi connectivity index (χ1n) is 7.06. The first-order valence-corrected chi connectivity index (χ1v) is 8.05. The third-order valence-corrected chi connectivity index (χ3v) is 5.21. The molecule has 0 spiro atoms. The minimum atomic E-state index is -0.701. The second-order valence-corrected chi connectivity index (χ2v) is 6.43. The molecule has 4 heteroatoms. The van der Waals surface area contributed by atoms with Crippen LogP contribution in [0.3, 0.4) is 0 Å². The summed E-state index contributed by atoms with van der Waals surface area (Å²) < 4.78 is 0. The number of aliphatic carboxylic acids is 1. The zero-order valence-corrected chi connectivity index (χ0v) is 11.7.